The fourth-order valence-corrected chi connectivity index (χ4v) is 5.64. The highest BCUT2D eigenvalue weighted by atomic mass is 35.5. The first-order chi connectivity index (χ1) is 14.0. The van der Waals surface area contributed by atoms with Crippen LogP contribution in [-0.2, 0) is 9.59 Å². The molecule has 2 aliphatic rings. The summed E-state index contributed by atoms with van der Waals surface area (Å²) in [5.41, 5.74) is 1.69. The molecule has 1 atom stereocenters. The second-order valence-electron chi connectivity index (χ2n) is 7.26. The number of carbonyl (C=O) groups excluding carboxylic acids is 2. The molecule has 1 unspecified atom stereocenters. The first-order valence-corrected chi connectivity index (χ1v) is 11.1. The molecular weight excluding hydrogens is 408 g/mol. The predicted octanol–water partition coefficient (Wildman–Crippen LogP) is 4.07. The summed E-state index contributed by atoms with van der Waals surface area (Å²) in [7, 11) is 1.62. The maximum Gasteiger partial charge on any atom is 0.245 e. The third-order valence-electron chi connectivity index (χ3n) is 5.62. The van der Waals surface area contributed by atoms with Crippen LogP contribution in [0.5, 0.6) is 5.75 Å². The molecule has 0 aliphatic carbocycles. The van der Waals surface area contributed by atoms with E-state index >= 15 is 0 Å². The topological polar surface area (TPSA) is 49.9 Å². The summed E-state index contributed by atoms with van der Waals surface area (Å²) in [4.78, 5) is 29.0. The maximum atomic E-state index is 12.9. The first-order valence-electron chi connectivity index (χ1n) is 9.63. The summed E-state index contributed by atoms with van der Waals surface area (Å²) < 4.78 is 5.23. The summed E-state index contributed by atoms with van der Waals surface area (Å²) in [6, 6.07) is 17.0. The van der Waals surface area contributed by atoms with Crippen molar-refractivity contribution in [3.63, 3.8) is 0 Å². The summed E-state index contributed by atoms with van der Waals surface area (Å²) in [5.74, 6) is 1.26. The normalized spacial score (nSPS) is 19.4. The molecule has 1 spiro atoms. The lowest BCUT2D eigenvalue weighted by Gasteiger charge is -2.44. The molecule has 152 valence electrons. The molecule has 29 heavy (non-hydrogen) atoms. The number of anilines is 1. The molecule has 4 rings (SSSR count). The van der Waals surface area contributed by atoms with Gasteiger partial charge < -0.3 is 9.64 Å². The fraction of sp³-hybridized carbons (Fsp3) is 0.364. The Morgan fingerprint density at radius 3 is 2.38 bits per heavy atom. The number of amides is 2. The van der Waals surface area contributed by atoms with Gasteiger partial charge in [0.15, 0.2) is 0 Å². The van der Waals surface area contributed by atoms with Crippen LogP contribution in [0.15, 0.2) is 54.6 Å². The minimum absolute atomic E-state index is 0.0713. The molecule has 5 nitrogen and oxygen atoms in total. The van der Waals surface area contributed by atoms with E-state index in [1.165, 1.54) is 0 Å². The molecule has 2 aliphatic heterocycles. The van der Waals surface area contributed by atoms with Crippen LogP contribution in [0.2, 0.25) is 0 Å². The number of hydrogen-bond donors (Lipinski definition) is 0. The van der Waals surface area contributed by atoms with Crippen molar-refractivity contribution in [3.05, 3.63) is 60.2 Å². The second kappa shape index (κ2) is 8.28. The van der Waals surface area contributed by atoms with Gasteiger partial charge in [-0.15, -0.1) is 23.4 Å². The molecule has 0 aromatic heterocycles. The van der Waals surface area contributed by atoms with E-state index in [0.29, 0.717) is 18.8 Å². The molecule has 2 aromatic rings. The Kier molecular flexibility index (Phi) is 5.74. The number of likely N-dealkylation sites (tertiary alicyclic amines) is 1. The third kappa shape index (κ3) is 3.83. The molecule has 2 aromatic carbocycles. The van der Waals surface area contributed by atoms with E-state index in [9.17, 15) is 9.59 Å². The van der Waals surface area contributed by atoms with Crippen molar-refractivity contribution in [3.8, 4) is 5.75 Å². The van der Waals surface area contributed by atoms with Gasteiger partial charge in [-0.25, -0.2) is 0 Å². The van der Waals surface area contributed by atoms with E-state index in [1.807, 2.05) is 64.4 Å². The lowest BCUT2D eigenvalue weighted by Crippen LogP contribution is -2.53. The van der Waals surface area contributed by atoms with Crippen LogP contribution in [0, 0.1) is 0 Å². The third-order valence-corrected chi connectivity index (χ3v) is 7.58. The number of benzene rings is 2. The standard InChI is InChI=1S/C22H23ClN2O3S/c1-28-18-9-7-17(8-10-18)25-19(26)15-29-22(25)11-13-24(14-12-22)21(27)20(23)16-5-3-2-4-6-16/h2-10,20H,11-15H2,1H3. The van der Waals surface area contributed by atoms with Gasteiger partial charge in [-0.1, -0.05) is 30.3 Å². The van der Waals surface area contributed by atoms with Gasteiger partial charge in [0.25, 0.3) is 0 Å². The van der Waals surface area contributed by atoms with Crippen molar-refractivity contribution in [2.45, 2.75) is 23.1 Å². The average Bonchev–Trinajstić information content (AvgIpc) is 3.09. The van der Waals surface area contributed by atoms with Gasteiger partial charge in [0, 0.05) is 18.8 Å². The van der Waals surface area contributed by atoms with Crippen molar-refractivity contribution < 1.29 is 14.3 Å². The smallest absolute Gasteiger partial charge is 0.245 e. The van der Waals surface area contributed by atoms with E-state index in [2.05, 4.69) is 0 Å². The zero-order valence-electron chi connectivity index (χ0n) is 16.2. The molecular formula is C22H23ClN2O3S. The van der Waals surface area contributed by atoms with Crippen molar-refractivity contribution in [2.24, 2.45) is 0 Å². The number of piperidine rings is 1. The van der Waals surface area contributed by atoms with Gasteiger partial charge in [-0.2, -0.15) is 0 Å². The lowest BCUT2D eigenvalue weighted by atomic mass is 10.00. The Morgan fingerprint density at radius 2 is 1.76 bits per heavy atom. The highest BCUT2D eigenvalue weighted by molar-refractivity contribution is 8.02. The van der Waals surface area contributed by atoms with Crippen LogP contribution in [0.1, 0.15) is 23.8 Å². The van der Waals surface area contributed by atoms with Gasteiger partial charge in [0.1, 0.15) is 11.1 Å². The van der Waals surface area contributed by atoms with E-state index < -0.39 is 5.38 Å². The van der Waals surface area contributed by atoms with E-state index in [1.54, 1.807) is 18.9 Å². The Labute approximate surface area is 180 Å². The number of ether oxygens (including phenoxy) is 1. The SMILES string of the molecule is COc1ccc(N2C(=O)CSC23CCN(C(=O)C(Cl)c2ccccc2)CC3)cc1. The van der Waals surface area contributed by atoms with Crippen LogP contribution in [0.25, 0.3) is 0 Å². The number of thioether (sulfide) groups is 1. The number of rotatable bonds is 4. The van der Waals surface area contributed by atoms with Crippen molar-refractivity contribution in [1.82, 2.24) is 4.90 Å². The van der Waals surface area contributed by atoms with Gasteiger partial charge in [0.2, 0.25) is 11.8 Å². The molecule has 0 radical (unpaired) electrons. The highest BCUT2D eigenvalue weighted by Crippen LogP contribution is 2.47. The van der Waals surface area contributed by atoms with Gasteiger partial charge in [-0.3, -0.25) is 14.5 Å². The highest BCUT2D eigenvalue weighted by Gasteiger charge is 2.49. The largest absolute Gasteiger partial charge is 0.497 e. The fourth-order valence-electron chi connectivity index (χ4n) is 4.03. The van der Waals surface area contributed by atoms with Crippen molar-refractivity contribution in [1.29, 1.82) is 0 Å². The van der Waals surface area contributed by atoms with Gasteiger partial charge >= 0.3 is 0 Å². The minimum atomic E-state index is -0.680. The molecule has 2 fully saturated rings. The summed E-state index contributed by atoms with van der Waals surface area (Å²) in [5, 5.41) is -0.680. The Balaban J connectivity index is 1.48. The van der Waals surface area contributed by atoms with Crippen LogP contribution in [0.4, 0.5) is 5.69 Å². The molecule has 0 bridgehead atoms. The number of halogens is 1. The molecule has 2 heterocycles. The summed E-state index contributed by atoms with van der Waals surface area (Å²) in [6.45, 7) is 1.17. The zero-order chi connectivity index (χ0) is 20.4. The molecule has 0 N–H and O–H groups in total. The summed E-state index contributed by atoms with van der Waals surface area (Å²) >= 11 is 8.12. The van der Waals surface area contributed by atoms with Crippen LogP contribution in [-0.4, -0.2) is 47.5 Å². The molecule has 7 heteroatoms. The number of hydrogen-bond acceptors (Lipinski definition) is 4. The number of nitrogens with zero attached hydrogens (tertiary/aromatic N) is 2. The Bertz CT molecular complexity index is 883. The molecule has 2 saturated heterocycles. The van der Waals surface area contributed by atoms with E-state index in [-0.39, 0.29) is 16.7 Å². The maximum absolute atomic E-state index is 12.9. The number of carbonyl (C=O) groups is 2. The lowest BCUT2D eigenvalue weighted by molar-refractivity contribution is -0.132. The Hall–Kier alpha value is -2.18. The predicted molar refractivity (Wildman–Crippen MR) is 117 cm³/mol. The molecule has 2 amide bonds. The van der Waals surface area contributed by atoms with Gasteiger partial charge in [0.05, 0.1) is 17.7 Å². The monoisotopic (exact) mass is 430 g/mol. The number of alkyl halides is 1. The quantitative estimate of drug-likeness (QED) is 0.686. The second-order valence-corrected chi connectivity index (χ2v) is 9.03. The average molecular weight is 431 g/mol. The van der Waals surface area contributed by atoms with Crippen molar-refractivity contribution >= 4 is 40.9 Å². The van der Waals surface area contributed by atoms with Crippen LogP contribution < -0.4 is 9.64 Å². The van der Waals surface area contributed by atoms with Crippen LogP contribution >= 0.6 is 23.4 Å². The van der Waals surface area contributed by atoms with Gasteiger partial charge in [-0.05, 0) is 42.7 Å². The van der Waals surface area contributed by atoms with E-state index in [0.717, 1.165) is 29.8 Å². The first kappa shape index (κ1) is 20.1. The molecule has 0 saturated carbocycles. The van der Waals surface area contributed by atoms with Crippen molar-refractivity contribution in [2.75, 3.05) is 30.9 Å². The van der Waals surface area contributed by atoms with Crippen LogP contribution in [0.3, 0.4) is 0 Å². The Morgan fingerprint density at radius 1 is 1.10 bits per heavy atom. The summed E-state index contributed by atoms with van der Waals surface area (Å²) in [6.07, 6.45) is 1.44. The van der Waals surface area contributed by atoms with E-state index in [4.69, 9.17) is 16.3 Å². The number of methoxy groups -OCH3 is 1. The minimum Gasteiger partial charge on any atom is -0.497 e. The zero-order valence-corrected chi connectivity index (χ0v) is 17.8.